The summed E-state index contributed by atoms with van der Waals surface area (Å²) in [7, 11) is 1.77. The molecule has 2 unspecified atom stereocenters. The third-order valence-electron chi connectivity index (χ3n) is 3.30. The Morgan fingerprint density at radius 2 is 1.90 bits per heavy atom. The maximum Gasteiger partial charge on any atom is 0.138 e. The van der Waals surface area contributed by atoms with Gasteiger partial charge in [-0.1, -0.05) is 27.7 Å². The van der Waals surface area contributed by atoms with Crippen molar-refractivity contribution >= 4 is 0 Å². The Hall–Kier alpha value is -1.13. The Balaban J connectivity index is 3.10. The fourth-order valence-corrected chi connectivity index (χ4v) is 2.55. The number of rotatable bonds is 7. The molecule has 120 valence electrons. The molecule has 0 aliphatic heterocycles. The minimum absolute atomic E-state index is 0.0243. The summed E-state index contributed by atoms with van der Waals surface area (Å²) in [6.07, 6.45) is 3.83. The summed E-state index contributed by atoms with van der Waals surface area (Å²) in [4.78, 5) is 4.32. The van der Waals surface area contributed by atoms with Crippen LogP contribution in [0.15, 0.2) is 18.5 Å². The van der Waals surface area contributed by atoms with Crippen LogP contribution in [0.4, 0.5) is 0 Å². The molecule has 1 aromatic heterocycles. The van der Waals surface area contributed by atoms with Crippen molar-refractivity contribution in [1.82, 2.24) is 10.3 Å². The van der Waals surface area contributed by atoms with Crippen LogP contribution in [-0.4, -0.2) is 30.8 Å². The zero-order chi connectivity index (χ0) is 16.0. The molecule has 0 radical (unpaired) electrons. The van der Waals surface area contributed by atoms with E-state index < -0.39 is 0 Å². The van der Waals surface area contributed by atoms with Crippen molar-refractivity contribution in [2.24, 2.45) is 5.41 Å². The number of hydrogen-bond acceptors (Lipinski definition) is 4. The summed E-state index contributed by atoms with van der Waals surface area (Å²) >= 11 is 0. The number of aromatic nitrogens is 1. The van der Waals surface area contributed by atoms with E-state index in [4.69, 9.17) is 9.47 Å². The molecular weight excluding hydrogens is 264 g/mol. The minimum Gasteiger partial charge on any atom is -0.489 e. The zero-order valence-corrected chi connectivity index (χ0v) is 14.4. The molecule has 1 rings (SSSR count). The van der Waals surface area contributed by atoms with Gasteiger partial charge in [-0.2, -0.15) is 0 Å². The molecule has 1 heterocycles. The summed E-state index contributed by atoms with van der Waals surface area (Å²) in [5.41, 5.74) is 1.12. The summed E-state index contributed by atoms with van der Waals surface area (Å²) in [6.45, 7) is 13.6. The average molecular weight is 294 g/mol. The van der Waals surface area contributed by atoms with Crippen LogP contribution >= 0.6 is 0 Å². The van der Waals surface area contributed by atoms with E-state index >= 15 is 0 Å². The Bertz CT molecular complexity index is 427. The van der Waals surface area contributed by atoms with Crippen LogP contribution in [-0.2, 0) is 4.74 Å². The maximum absolute atomic E-state index is 5.77. The van der Waals surface area contributed by atoms with Gasteiger partial charge < -0.3 is 14.8 Å². The van der Waals surface area contributed by atoms with Crippen LogP contribution in [0.3, 0.4) is 0 Å². The summed E-state index contributed by atoms with van der Waals surface area (Å²) in [6, 6.07) is 2.14. The van der Waals surface area contributed by atoms with E-state index in [1.807, 2.05) is 20.0 Å². The first-order chi connectivity index (χ1) is 9.79. The van der Waals surface area contributed by atoms with Crippen molar-refractivity contribution in [3.8, 4) is 5.75 Å². The molecule has 21 heavy (non-hydrogen) atoms. The number of methoxy groups -OCH3 is 1. The second-order valence-corrected chi connectivity index (χ2v) is 6.68. The molecule has 0 spiro atoms. The molecule has 0 aliphatic carbocycles. The van der Waals surface area contributed by atoms with Crippen LogP contribution in [0.5, 0.6) is 5.75 Å². The van der Waals surface area contributed by atoms with Crippen molar-refractivity contribution in [3.63, 3.8) is 0 Å². The number of likely N-dealkylation sites (N-methyl/N-ethyl adjacent to an activating group) is 1. The molecule has 0 aromatic carbocycles. The lowest BCUT2D eigenvalue weighted by molar-refractivity contribution is -0.0117. The van der Waals surface area contributed by atoms with Gasteiger partial charge in [0.25, 0.3) is 0 Å². The predicted octanol–water partition coefficient (Wildman–Crippen LogP) is 3.58. The van der Waals surface area contributed by atoms with Crippen LogP contribution in [0.1, 0.15) is 53.1 Å². The van der Waals surface area contributed by atoms with Gasteiger partial charge in [0.2, 0.25) is 0 Å². The van der Waals surface area contributed by atoms with Crippen molar-refractivity contribution in [2.45, 2.75) is 59.8 Å². The number of hydrogen-bond donors (Lipinski definition) is 1. The van der Waals surface area contributed by atoms with Gasteiger partial charge in [-0.05, 0) is 37.4 Å². The van der Waals surface area contributed by atoms with E-state index in [0.29, 0.717) is 0 Å². The first kappa shape index (κ1) is 17.9. The lowest BCUT2D eigenvalue weighted by Crippen LogP contribution is -2.41. The van der Waals surface area contributed by atoms with Gasteiger partial charge in [-0.3, -0.25) is 4.98 Å². The van der Waals surface area contributed by atoms with E-state index in [2.05, 4.69) is 44.1 Å². The summed E-state index contributed by atoms with van der Waals surface area (Å²) < 4.78 is 11.5. The quantitative estimate of drug-likeness (QED) is 0.834. The number of pyridine rings is 1. The van der Waals surface area contributed by atoms with Crippen LogP contribution < -0.4 is 10.1 Å². The van der Waals surface area contributed by atoms with E-state index in [9.17, 15) is 0 Å². The average Bonchev–Trinajstić information content (AvgIpc) is 2.36. The predicted molar refractivity (Wildman–Crippen MR) is 86.7 cm³/mol. The van der Waals surface area contributed by atoms with E-state index in [-0.39, 0.29) is 23.7 Å². The standard InChI is InChI=1S/C17H30N2O2/c1-8-19-15(16(20-7)17(4,5)6)13-9-14(11-18-10-13)21-12(2)3/h9-12,15-16,19H,8H2,1-7H3. The van der Waals surface area contributed by atoms with Gasteiger partial charge in [0.1, 0.15) is 5.75 Å². The van der Waals surface area contributed by atoms with Crippen molar-refractivity contribution in [3.05, 3.63) is 24.0 Å². The number of nitrogens with one attached hydrogen (secondary N) is 1. The van der Waals surface area contributed by atoms with Crippen LogP contribution in [0.2, 0.25) is 0 Å². The SMILES string of the molecule is CCNC(c1cncc(OC(C)C)c1)C(OC)C(C)(C)C. The highest BCUT2D eigenvalue weighted by Crippen LogP contribution is 2.33. The van der Waals surface area contributed by atoms with Gasteiger partial charge in [-0.15, -0.1) is 0 Å². The second kappa shape index (κ2) is 7.76. The molecular formula is C17H30N2O2. The molecule has 0 saturated carbocycles. The molecule has 0 bridgehead atoms. The second-order valence-electron chi connectivity index (χ2n) is 6.68. The van der Waals surface area contributed by atoms with Gasteiger partial charge in [-0.25, -0.2) is 0 Å². The van der Waals surface area contributed by atoms with Gasteiger partial charge >= 0.3 is 0 Å². The van der Waals surface area contributed by atoms with Crippen molar-refractivity contribution in [2.75, 3.05) is 13.7 Å². The fourth-order valence-electron chi connectivity index (χ4n) is 2.55. The lowest BCUT2D eigenvalue weighted by Gasteiger charge is -2.36. The molecule has 0 fully saturated rings. The maximum atomic E-state index is 5.77. The van der Waals surface area contributed by atoms with E-state index in [1.165, 1.54) is 0 Å². The normalized spacial score (nSPS) is 15.0. The number of ether oxygens (including phenoxy) is 2. The smallest absolute Gasteiger partial charge is 0.138 e. The van der Waals surface area contributed by atoms with Gasteiger partial charge in [0.05, 0.1) is 24.4 Å². The molecule has 1 N–H and O–H groups in total. The Morgan fingerprint density at radius 1 is 1.24 bits per heavy atom. The molecule has 4 nitrogen and oxygen atoms in total. The lowest BCUT2D eigenvalue weighted by atomic mass is 9.82. The van der Waals surface area contributed by atoms with E-state index in [1.54, 1.807) is 13.3 Å². The summed E-state index contributed by atoms with van der Waals surface area (Å²) in [5.74, 6) is 0.800. The van der Waals surface area contributed by atoms with E-state index in [0.717, 1.165) is 17.9 Å². The zero-order valence-electron chi connectivity index (χ0n) is 14.4. The third-order valence-corrected chi connectivity index (χ3v) is 3.30. The highest BCUT2D eigenvalue weighted by Gasteiger charge is 2.33. The van der Waals surface area contributed by atoms with Gasteiger partial charge in [0, 0.05) is 13.3 Å². The van der Waals surface area contributed by atoms with Crippen molar-refractivity contribution in [1.29, 1.82) is 0 Å². The molecule has 0 saturated heterocycles. The third kappa shape index (κ3) is 5.29. The molecule has 0 amide bonds. The first-order valence-corrected chi connectivity index (χ1v) is 7.67. The fraction of sp³-hybridized carbons (Fsp3) is 0.706. The largest absolute Gasteiger partial charge is 0.489 e. The topological polar surface area (TPSA) is 43.4 Å². The monoisotopic (exact) mass is 294 g/mol. The first-order valence-electron chi connectivity index (χ1n) is 7.67. The Kier molecular flexibility index (Phi) is 6.62. The highest BCUT2D eigenvalue weighted by atomic mass is 16.5. The minimum atomic E-state index is 0.0243. The number of nitrogens with zero attached hydrogens (tertiary/aromatic N) is 1. The molecule has 2 atom stereocenters. The van der Waals surface area contributed by atoms with Gasteiger partial charge in [0.15, 0.2) is 0 Å². The summed E-state index contributed by atoms with van der Waals surface area (Å²) in [5, 5.41) is 3.52. The molecule has 4 heteroatoms. The Labute approximate surface area is 129 Å². The van der Waals surface area contributed by atoms with Crippen molar-refractivity contribution < 1.29 is 9.47 Å². The Morgan fingerprint density at radius 3 is 2.38 bits per heavy atom. The molecule has 0 aliphatic rings. The van der Waals surface area contributed by atoms with Crippen LogP contribution in [0, 0.1) is 5.41 Å². The molecule has 1 aromatic rings. The van der Waals surface area contributed by atoms with Crippen LogP contribution in [0.25, 0.3) is 0 Å². The highest BCUT2D eigenvalue weighted by molar-refractivity contribution is 5.27.